The van der Waals surface area contributed by atoms with E-state index in [1.54, 1.807) is 11.8 Å². The molecule has 0 aromatic heterocycles. The van der Waals surface area contributed by atoms with Crippen molar-refractivity contribution in [1.29, 1.82) is 0 Å². The van der Waals surface area contributed by atoms with Crippen LogP contribution >= 0.6 is 11.8 Å². The third-order valence-electron chi connectivity index (χ3n) is 4.04. The topological polar surface area (TPSA) is 32.3 Å². The Morgan fingerprint density at radius 1 is 1.45 bits per heavy atom. The average Bonchev–Trinajstić information content (AvgIpc) is 2.50. The van der Waals surface area contributed by atoms with E-state index >= 15 is 0 Å². The number of carbonyl (C=O) groups is 1. The van der Waals surface area contributed by atoms with Crippen LogP contribution in [0, 0.1) is 0 Å². The molecule has 0 aliphatic carbocycles. The third kappa shape index (κ3) is 3.36. The molecule has 4 heteroatoms. The van der Waals surface area contributed by atoms with E-state index in [-0.39, 0.29) is 5.91 Å². The lowest BCUT2D eigenvalue weighted by atomic mass is 9.98. The van der Waals surface area contributed by atoms with Crippen molar-refractivity contribution in [3.8, 4) is 0 Å². The number of hydrogen-bond acceptors (Lipinski definition) is 3. The lowest BCUT2D eigenvalue weighted by Crippen LogP contribution is -2.38. The third-order valence-corrected chi connectivity index (χ3v) is 4.76. The summed E-state index contributed by atoms with van der Waals surface area (Å²) >= 11 is 1.79. The lowest BCUT2D eigenvalue weighted by Gasteiger charge is -2.27. The molecule has 2 rings (SSSR count). The zero-order valence-corrected chi connectivity index (χ0v) is 13.4. The fourth-order valence-corrected chi connectivity index (χ4v) is 3.52. The minimum atomic E-state index is 0.138. The van der Waals surface area contributed by atoms with E-state index in [1.165, 1.54) is 11.1 Å². The molecular weight excluding hydrogens is 268 g/mol. The Balaban J connectivity index is 2.16. The van der Waals surface area contributed by atoms with Gasteiger partial charge in [-0.2, -0.15) is 11.8 Å². The Morgan fingerprint density at radius 2 is 2.25 bits per heavy atom. The van der Waals surface area contributed by atoms with Crippen LogP contribution in [0.4, 0.5) is 0 Å². The first kappa shape index (κ1) is 15.4. The van der Waals surface area contributed by atoms with Crippen molar-refractivity contribution in [3.05, 3.63) is 34.9 Å². The summed E-state index contributed by atoms with van der Waals surface area (Å²) in [5.74, 6) is 1.13. The van der Waals surface area contributed by atoms with Gasteiger partial charge in [0.05, 0.1) is 0 Å². The Kier molecular flexibility index (Phi) is 5.49. The molecule has 0 radical (unpaired) electrons. The van der Waals surface area contributed by atoms with E-state index in [0.29, 0.717) is 6.04 Å². The zero-order chi connectivity index (χ0) is 14.5. The van der Waals surface area contributed by atoms with Crippen LogP contribution < -0.4 is 5.32 Å². The van der Waals surface area contributed by atoms with Crippen molar-refractivity contribution >= 4 is 17.7 Å². The van der Waals surface area contributed by atoms with E-state index in [4.69, 9.17) is 0 Å². The molecule has 1 amide bonds. The Labute approximate surface area is 126 Å². The van der Waals surface area contributed by atoms with Gasteiger partial charge in [-0.05, 0) is 48.9 Å². The summed E-state index contributed by atoms with van der Waals surface area (Å²) in [6.07, 6.45) is 4.14. The van der Waals surface area contributed by atoms with Gasteiger partial charge in [0.2, 0.25) is 0 Å². The highest BCUT2D eigenvalue weighted by atomic mass is 32.2. The number of amides is 1. The maximum atomic E-state index is 12.6. The summed E-state index contributed by atoms with van der Waals surface area (Å²) < 4.78 is 0. The van der Waals surface area contributed by atoms with Gasteiger partial charge in [-0.1, -0.05) is 13.0 Å². The minimum Gasteiger partial charge on any atom is -0.338 e. The van der Waals surface area contributed by atoms with Crippen LogP contribution in [0.5, 0.6) is 0 Å². The number of fused-ring (bicyclic) bond motifs is 1. The first-order valence-corrected chi connectivity index (χ1v) is 8.65. The number of nitrogens with one attached hydrogen (secondary N) is 1. The van der Waals surface area contributed by atoms with Gasteiger partial charge in [0.1, 0.15) is 0 Å². The number of benzene rings is 1. The normalized spacial score (nSPS) is 15.6. The maximum Gasteiger partial charge on any atom is 0.253 e. The highest BCUT2D eigenvalue weighted by molar-refractivity contribution is 7.98. The van der Waals surface area contributed by atoms with Crippen molar-refractivity contribution in [2.24, 2.45) is 0 Å². The van der Waals surface area contributed by atoms with Gasteiger partial charge in [-0.3, -0.25) is 4.79 Å². The van der Waals surface area contributed by atoms with E-state index < -0.39 is 0 Å². The van der Waals surface area contributed by atoms with Gasteiger partial charge in [0, 0.05) is 31.0 Å². The van der Waals surface area contributed by atoms with E-state index in [1.807, 2.05) is 18.0 Å². The van der Waals surface area contributed by atoms with E-state index in [9.17, 15) is 4.79 Å². The fraction of sp³-hybridized carbons (Fsp3) is 0.562. The van der Waals surface area contributed by atoms with Crippen molar-refractivity contribution in [2.45, 2.75) is 32.4 Å². The first-order valence-electron chi connectivity index (χ1n) is 7.26. The van der Waals surface area contributed by atoms with E-state index in [0.717, 1.165) is 37.2 Å². The van der Waals surface area contributed by atoms with Crippen LogP contribution in [0.15, 0.2) is 18.2 Å². The van der Waals surface area contributed by atoms with Gasteiger partial charge in [-0.15, -0.1) is 0 Å². The molecule has 0 saturated carbocycles. The molecule has 1 aliphatic rings. The van der Waals surface area contributed by atoms with Gasteiger partial charge in [0.25, 0.3) is 5.91 Å². The highest BCUT2D eigenvalue weighted by Gasteiger charge is 2.20. The molecule has 0 spiro atoms. The Hall–Kier alpha value is -1.00. The van der Waals surface area contributed by atoms with Gasteiger partial charge < -0.3 is 10.2 Å². The summed E-state index contributed by atoms with van der Waals surface area (Å²) in [7, 11) is 1.92. The summed E-state index contributed by atoms with van der Waals surface area (Å²) in [4.78, 5) is 14.5. The van der Waals surface area contributed by atoms with Crippen LogP contribution in [-0.4, -0.2) is 42.4 Å². The summed E-state index contributed by atoms with van der Waals surface area (Å²) in [5.41, 5.74) is 3.46. The molecule has 1 heterocycles. The standard InChI is InChI=1S/C16H24N2OS/c1-4-15(11-20-3)18(2)16(19)13-6-5-12-7-8-17-10-14(12)9-13/h5-6,9,15,17H,4,7-8,10-11H2,1-3H3. The van der Waals surface area contributed by atoms with Gasteiger partial charge >= 0.3 is 0 Å². The van der Waals surface area contributed by atoms with Crippen LogP contribution in [0.1, 0.15) is 34.8 Å². The molecule has 110 valence electrons. The Morgan fingerprint density at radius 3 is 2.95 bits per heavy atom. The molecule has 1 unspecified atom stereocenters. The Bertz CT molecular complexity index is 476. The van der Waals surface area contributed by atoms with Crippen molar-refractivity contribution < 1.29 is 4.79 Å². The molecular formula is C16H24N2OS. The van der Waals surface area contributed by atoms with Crippen molar-refractivity contribution in [3.63, 3.8) is 0 Å². The molecule has 1 aromatic carbocycles. The summed E-state index contributed by atoms with van der Waals surface area (Å²) in [6, 6.07) is 6.47. The van der Waals surface area contributed by atoms with Crippen LogP contribution in [0.25, 0.3) is 0 Å². The predicted molar refractivity (Wildman–Crippen MR) is 86.4 cm³/mol. The molecule has 1 aromatic rings. The monoisotopic (exact) mass is 292 g/mol. The number of nitrogens with zero attached hydrogens (tertiary/aromatic N) is 1. The second-order valence-corrected chi connectivity index (χ2v) is 6.25. The van der Waals surface area contributed by atoms with Crippen LogP contribution in [0.2, 0.25) is 0 Å². The van der Waals surface area contributed by atoms with Gasteiger partial charge in [-0.25, -0.2) is 0 Å². The maximum absolute atomic E-state index is 12.6. The minimum absolute atomic E-state index is 0.138. The second kappa shape index (κ2) is 7.14. The highest BCUT2D eigenvalue weighted by Crippen LogP contribution is 2.18. The smallest absolute Gasteiger partial charge is 0.253 e. The largest absolute Gasteiger partial charge is 0.338 e. The molecule has 1 aliphatic heterocycles. The van der Waals surface area contributed by atoms with Crippen molar-refractivity contribution in [2.75, 3.05) is 25.6 Å². The summed E-state index contributed by atoms with van der Waals surface area (Å²) in [5, 5.41) is 3.36. The first-order chi connectivity index (χ1) is 9.67. The van der Waals surface area contributed by atoms with E-state index in [2.05, 4.69) is 30.6 Å². The molecule has 20 heavy (non-hydrogen) atoms. The second-order valence-electron chi connectivity index (χ2n) is 5.34. The number of hydrogen-bond donors (Lipinski definition) is 1. The predicted octanol–water partition coefficient (Wildman–Crippen LogP) is 2.55. The fourth-order valence-electron chi connectivity index (χ4n) is 2.68. The molecule has 1 atom stereocenters. The average molecular weight is 292 g/mol. The molecule has 0 bridgehead atoms. The molecule has 0 fully saturated rings. The quantitative estimate of drug-likeness (QED) is 0.905. The number of carbonyl (C=O) groups excluding carboxylic acids is 1. The van der Waals surface area contributed by atoms with Gasteiger partial charge in [0.15, 0.2) is 0 Å². The molecule has 3 nitrogen and oxygen atoms in total. The zero-order valence-electron chi connectivity index (χ0n) is 12.6. The molecule has 0 saturated heterocycles. The SMILES string of the molecule is CCC(CSC)N(C)C(=O)c1ccc2c(c1)CNCC2. The summed E-state index contributed by atoms with van der Waals surface area (Å²) in [6.45, 7) is 4.05. The number of thioether (sulfide) groups is 1. The lowest BCUT2D eigenvalue weighted by molar-refractivity contribution is 0.0743. The number of rotatable bonds is 5. The molecule has 1 N–H and O–H groups in total. The van der Waals surface area contributed by atoms with Crippen molar-refractivity contribution in [1.82, 2.24) is 10.2 Å². The van der Waals surface area contributed by atoms with Crippen LogP contribution in [0.3, 0.4) is 0 Å². The van der Waals surface area contributed by atoms with Crippen LogP contribution in [-0.2, 0) is 13.0 Å².